The van der Waals surface area contributed by atoms with Gasteiger partial charge < -0.3 is 15.1 Å². The number of aromatic nitrogens is 2. The zero-order valence-corrected chi connectivity index (χ0v) is 11.0. The maximum absolute atomic E-state index is 12.6. The number of benzene rings is 1. The highest BCUT2D eigenvalue weighted by Gasteiger charge is 2.39. The van der Waals surface area contributed by atoms with Crippen LogP contribution in [-0.2, 0) is 4.79 Å². The Bertz CT molecular complexity index is 713. The SMILES string of the molecule is O=C(O)[C@@H]1C[C@@H](O)CN1C(=O)c1cccc2nccnc12. The van der Waals surface area contributed by atoms with Gasteiger partial charge >= 0.3 is 5.97 Å². The minimum Gasteiger partial charge on any atom is -0.480 e. The summed E-state index contributed by atoms with van der Waals surface area (Å²) in [5, 5.41) is 18.8. The molecule has 0 bridgehead atoms. The zero-order valence-electron chi connectivity index (χ0n) is 11.0. The van der Waals surface area contributed by atoms with E-state index in [1.165, 1.54) is 17.3 Å². The summed E-state index contributed by atoms with van der Waals surface area (Å²) in [6.45, 7) is 0.00640. The first-order valence-corrected chi connectivity index (χ1v) is 6.49. The lowest BCUT2D eigenvalue weighted by molar-refractivity contribution is -0.141. The summed E-state index contributed by atoms with van der Waals surface area (Å²) >= 11 is 0. The number of rotatable bonds is 2. The number of para-hydroxylation sites is 1. The van der Waals surface area contributed by atoms with E-state index in [9.17, 15) is 19.8 Å². The molecule has 2 heterocycles. The van der Waals surface area contributed by atoms with Crippen LogP contribution in [0.2, 0.25) is 0 Å². The molecule has 2 atom stereocenters. The van der Waals surface area contributed by atoms with Gasteiger partial charge in [0.25, 0.3) is 5.91 Å². The summed E-state index contributed by atoms with van der Waals surface area (Å²) in [5.41, 5.74) is 1.28. The number of carbonyl (C=O) groups excluding carboxylic acids is 1. The molecular formula is C14H13N3O4. The molecule has 1 aromatic heterocycles. The Kier molecular flexibility index (Phi) is 3.26. The molecule has 108 valence electrons. The third-order valence-corrected chi connectivity index (χ3v) is 3.55. The first kappa shape index (κ1) is 13.4. The number of carbonyl (C=O) groups is 2. The number of aliphatic hydroxyl groups excluding tert-OH is 1. The lowest BCUT2D eigenvalue weighted by Gasteiger charge is -2.21. The van der Waals surface area contributed by atoms with Crippen molar-refractivity contribution in [2.75, 3.05) is 6.54 Å². The smallest absolute Gasteiger partial charge is 0.326 e. The fraction of sp³-hybridized carbons (Fsp3) is 0.286. The number of fused-ring (bicyclic) bond motifs is 1. The molecule has 7 heteroatoms. The average molecular weight is 287 g/mol. The van der Waals surface area contributed by atoms with E-state index in [0.29, 0.717) is 16.6 Å². The molecule has 1 aliphatic rings. The van der Waals surface area contributed by atoms with E-state index in [-0.39, 0.29) is 13.0 Å². The van der Waals surface area contributed by atoms with Gasteiger partial charge in [-0.15, -0.1) is 0 Å². The number of amides is 1. The van der Waals surface area contributed by atoms with Crippen LogP contribution in [0, 0.1) is 0 Å². The van der Waals surface area contributed by atoms with Crippen molar-refractivity contribution in [1.29, 1.82) is 0 Å². The van der Waals surface area contributed by atoms with Gasteiger partial charge in [0.15, 0.2) is 0 Å². The number of carboxylic acids is 1. The highest BCUT2D eigenvalue weighted by molar-refractivity contribution is 6.05. The van der Waals surface area contributed by atoms with E-state index in [1.54, 1.807) is 18.2 Å². The number of aliphatic carboxylic acids is 1. The first-order chi connectivity index (χ1) is 10.1. The number of β-amino-alcohol motifs (C(OH)–C–C–N with tert-alkyl or cyclic N) is 1. The summed E-state index contributed by atoms with van der Waals surface area (Å²) in [6, 6.07) is 3.97. The second-order valence-electron chi connectivity index (χ2n) is 4.93. The summed E-state index contributed by atoms with van der Waals surface area (Å²) in [7, 11) is 0. The van der Waals surface area contributed by atoms with Gasteiger partial charge in [0.05, 0.1) is 17.2 Å². The normalized spacial score (nSPS) is 21.7. The molecule has 1 amide bonds. The fourth-order valence-electron chi connectivity index (χ4n) is 2.59. The molecule has 0 unspecified atom stereocenters. The van der Waals surface area contributed by atoms with E-state index in [4.69, 9.17) is 0 Å². The molecule has 3 rings (SSSR count). The Hall–Kier alpha value is -2.54. The zero-order chi connectivity index (χ0) is 15.0. The van der Waals surface area contributed by atoms with Crippen LogP contribution in [0.5, 0.6) is 0 Å². The van der Waals surface area contributed by atoms with Crippen molar-refractivity contribution in [1.82, 2.24) is 14.9 Å². The van der Waals surface area contributed by atoms with Crippen LogP contribution >= 0.6 is 0 Å². The highest BCUT2D eigenvalue weighted by Crippen LogP contribution is 2.23. The van der Waals surface area contributed by atoms with E-state index in [0.717, 1.165) is 0 Å². The minimum absolute atomic E-state index is 0.00640. The summed E-state index contributed by atoms with van der Waals surface area (Å²) in [4.78, 5) is 33.3. The number of aliphatic hydroxyl groups is 1. The molecule has 1 aromatic carbocycles. The van der Waals surface area contributed by atoms with Gasteiger partial charge in [-0.25, -0.2) is 4.79 Å². The van der Waals surface area contributed by atoms with Gasteiger partial charge in [0.1, 0.15) is 11.6 Å². The number of hydrogen-bond acceptors (Lipinski definition) is 5. The van der Waals surface area contributed by atoms with Crippen LogP contribution < -0.4 is 0 Å². The Labute approximate surface area is 119 Å². The van der Waals surface area contributed by atoms with Gasteiger partial charge in [0, 0.05) is 25.4 Å². The average Bonchev–Trinajstić information content (AvgIpc) is 2.88. The Balaban J connectivity index is 2.02. The molecule has 0 aliphatic carbocycles. The third kappa shape index (κ3) is 2.31. The van der Waals surface area contributed by atoms with Crippen LogP contribution in [0.15, 0.2) is 30.6 Å². The lowest BCUT2D eigenvalue weighted by atomic mass is 10.1. The summed E-state index contributed by atoms with van der Waals surface area (Å²) < 4.78 is 0. The molecule has 21 heavy (non-hydrogen) atoms. The van der Waals surface area contributed by atoms with Crippen LogP contribution in [-0.4, -0.2) is 55.6 Å². The largest absolute Gasteiger partial charge is 0.480 e. The predicted molar refractivity (Wildman–Crippen MR) is 72.6 cm³/mol. The minimum atomic E-state index is -1.12. The Morgan fingerprint density at radius 3 is 2.76 bits per heavy atom. The number of nitrogens with zero attached hydrogens (tertiary/aromatic N) is 3. The Morgan fingerprint density at radius 2 is 2.00 bits per heavy atom. The topological polar surface area (TPSA) is 104 Å². The Morgan fingerprint density at radius 1 is 1.24 bits per heavy atom. The van der Waals surface area contributed by atoms with E-state index >= 15 is 0 Å². The molecule has 1 aliphatic heterocycles. The maximum Gasteiger partial charge on any atom is 0.326 e. The second-order valence-corrected chi connectivity index (χ2v) is 4.93. The van der Waals surface area contributed by atoms with E-state index < -0.39 is 24.0 Å². The van der Waals surface area contributed by atoms with Crippen LogP contribution in [0.25, 0.3) is 11.0 Å². The first-order valence-electron chi connectivity index (χ1n) is 6.49. The van der Waals surface area contributed by atoms with Gasteiger partial charge in [-0.1, -0.05) is 6.07 Å². The summed E-state index contributed by atoms with van der Waals surface area (Å²) in [6.07, 6.45) is 2.22. The fourth-order valence-corrected chi connectivity index (χ4v) is 2.59. The van der Waals surface area contributed by atoms with E-state index in [1.807, 2.05) is 0 Å². The summed E-state index contributed by atoms with van der Waals surface area (Å²) in [5.74, 6) is -1.57. The molecule has 7 nitrogen and oxygen atoms in total. The molecule has 0 radical (unpaired) electrons. The van der Waals surface area contributed by atoms with Crippen LogP contribution in [0.1, 0.15) is 16.8 Å². The van der Waals surface area contributed by atoms with Gasteiger partial charge in [0.2, 0.25) is 0 Å². The molecule has 1 fully saturated rings. The third-order valence-electron chi connectivity index (χ3n) is 3.55. The second kappa shape index (κ2) is 5.10. The number of likely N-dealkylation sites (tertiary alicyclic amines) is 1. The molecule has 1 saturated heterocycles. The monoisotopic (exact) mass is 287 g/mol. The van der Waals surface area contributed by atoms with Gasteiger partial charge in [-0.2, -0.15) is 0 Å². The van der Waals surface area contributed by atoms with E-state index in [2.05, 4.69) is 9.97 Å². The molecule has 0 saturated carbocycles. The van der Waals surface area contributed by atoms with Crippen molar-refractivity contribution in [3.63, 3.8) is 0 Å². The quantitative estimate of drug-likeness (QED) is 0.822. The molecular weight excluding hydrogens is 274 g/mol. The molecule has 2 aromatic rings. The number of carboxylic acid groups (broad SMARTS) is 1. The van der Waals surface area contributed by atoms with Gasteiger partial charge in [-0.05, 0) is 12.1 Å². The molecule has 0 spiro atoms. The van der Waals surface area contributed by atoms with Gasteiger partial charge in [-0.3, -0.25) is 14.8 Å². The van der Waals surface area contributed by atoms with Crippen LogP contribution in [0.3, 0.4) is 0 Å². The van der Waals surface area contributed by atoms with Crippen molar-refractivity contribution in [3.8, 4) is 0 Å². The van der Waals surface area contributed by atoms with Crippen LogP contribution in [0.4, 0.5) is 0 Å². The standard InChI is InChI=1S/C14H13N3O4/c18-8-6-11(14(20)21)17(7-8)13(19)9-2-1-3-10-12(9)16-5-4-15-10/h1-5,8,11,18H,6-7H2,(H,20,21)/t8-,11+/m1/s1. The van der Waals surface area contributed by atoms with Crippen molar-refractivity contribution in [2.45, 2.75) is 18.6 Å². The van der Waals surface area contributed by atoms with Crippen molar-refractivity contribution in [3.05, 3.63) is 36.2 Å². The highest BCUT2D eigenvalue weighted by atomic mass is 16.4. The maximum atomic E-state index is 12.6. The lowest BCUT2D eigenvalue weighted by Crippen LogP contribution is -2.40. The van der Waals surface area contributed by atoms with Crippen molar-refractivity contribution < 1.29 is 19.8 Å². The predicted octanol–water partition coefficient (Wildman–Crippen LogP) is 0.290. The molecule has 2 N–H and O–H groups in total. The van der Waals surface area contributed by atoms with Crippen molar-refractivity contribution >= 4 is 22.9 Å². The number of hydrogen-bond donors (Lipinski definition) is 2. The van der Waals surface area contributed by atoms with Crippen molar-refractivity contribution in [2.24, 2.45) is 0 Å².